The SMILES string of the molecule is C=C1O[C@@H](CN)CN1c1ccc(N(CCC)C(=O)CC)cc1. The topological polar surface area (TPSA) is 58.8 Å². The van der Waals surface area contributed by atoms with E-state index in [1.54, 1.807) is 0 Å². The lowest BCUT2D eigenvalue weighted by atomic mass is 10.2. The van der Waals surface area contributed by atoms with E-state index in [1.807, 2.05) is 41.0 Å². The van der Waals surface area contributed by atoms with E-state index in [-0.39, 0.29) is 12.0 Å². The molecule has 1 atom stereocenters. The zero-order valence-electron chi connectivity index (χ0n) is 13.4. The van der Waals surface area contributed by atoms with Gasteiger partial charge in [0.1, 0.15) is 6.10 Å². The summed E-state index contributed by atoms with van der Waals surface area (Å²) in [5, 5.41) is 0. The molecule has 0 aliphatic carbocycles. The van der Waals surface area contributed by atoms with Gasteiger partial charge in [0.05, 0.1) is 6.54 Å². The predicted molar refractivity (Wildman–Crippen MR) is 89.8 cm³/mol. The molecule has 2 rings (SSSR count). The summed E-state index contributed by atoms with van der Waals surface area (Å²) in [6.45, 7) is 9.80. The molecule has 1 aromatic rings. The second-order valence-electron chi connectivity index (χ2n) is 5.40. The first-order valence-corrected chi connectivity index (χ1v) is 7.84. The van der Waals surface area contributed by atoms with Crippen LogP contribution in [0.5, 0.6) is 0 Å². The van der Waals surface area contributed by atoms with E-state index >= 15 is 0 Å². The molecule has 5 nitrogen and oxygen atoms in total. The molecule has 0 bridgehead atoms. The van der Waals surface area contributed by atoms with Crippen LogP contribution in [0.3, 0.4) is 0 Å². The van der Waals surface area contributed by atoms with E-state index in [2.05, 4.69) is 13.5 Å². The van der Waals surface area contributed by atoms with Crippen molar-refractivity contribution in [1.29, 1.82) is 0 Å². The van der Waals surface area contributed by atoms with Crippen LogP contribution in [-0.4, -0.2) is 31.6 Å². The number of carbonyl (C=O) groups is 1. The molecule has 0 saturated carbocycles. The highest BCUT2D eigenvalue weighted by Gasteiger charge is 2.26. The van der Waals surface area contributed by atoms with Gasteiger partial charge in [0.25, 0.3) is 0 Å². The van der Waals surface area contributed by atoms with Gasteiger partial charge < -0.3 is 20.3 Å². The van der Waals surface area contributed by atoms with Crippen molar-refractivity contribution in [3.8, 4) is 0 Å². The number of carbonyl (C=O) groups excluding carboxylic acids is 1. The molecule has 22 heavy (non-hydrogen) atoms. The fraction of sp³-hybridized carbons (Fsp3) is 0.471. The number of anilines is 2. The molecule has 5 heteroatoms. The highest BCUT2D eigenvalue weighted by Crippen LogP contribution is 2.28. The summed E-state index contributed by atoms with van der Waals surface area (Å²) in [5.74, 6) is 0.768. The van der Waals surface area contributed by atoms with Crippen molar-refractivity contribution < 1.29 is 9.53 Å². The van der Waals surface area contributed by atoms with Crippen LogP contribution in [0.25, 0.3) is 0 Å². The average Bonchev–Trinajstić information content (AvgIpc) is 2.93. The van der Waals surface area contributed by atoms with Gasteiger partial charge in [0.15, 0.2) is 5.88 Å². The maximum Gasteiger partial charge on any atom is 0.226 e. The van der Waals surface area contributed by atoms with E-state index in [4.69, 9.17) is 10.5 Å². The number of ether oxygens (including phenoxy) is 1. The Kier molecular flexibility index (Phi) is 5.44. The molecule has 120 valence electrons. The minimum atomic E-state index is -0.00886. The number of benzene rings is 1. The minimum absolute atomic E-state index is 0.00886. The number of hydrogen-bond donors (Lipinski definition) is 1. The van der Waals surface area contributed by atoms with Gasteiger partial charge in [-0.25, -0.2) is 0 Å². The van der Waals surface area contributed by atoms with Crippen molar-refractivity contribution in [3.63, 3.8) is 0 Å². The first kappa shape index (κ1) is 16.4. The maximum absolute atomic E-state index is 12.0. The third kappa shape index (κ3) is 3.42. The van der Waals surface area contributed by atoms with Crippen molar-refractivity contribution in [2.24, 2.45) is 5.73 Å². The Morgan fingerprint density at radius 2 is 2.09 bits per heavy atom. The Balaban J connectivity index is 2.15. The molecule has 2 N–H and O–H groups in total. The fourth-order valence-electron chi connectivity index (χ4n) is 2.60. The first-order valence-electron chi connectivity index (χ1n) is 7.84. The Bertz CT molecular complexity index is 527. The van der Waals surface area contributed by atoms with Crippen LogP contribution in [0.15, 0.2) is 36.7 Å². The highest BCUT2D eigenvalue weighted by atomic mass is 16.5. The first-order chi connectivity index (χ1) is 10.6. The highest BCUT2D eigenvalue weighted by molar-refractivity contribution is 5.93. The summed E-state index contributed by atoms with van der Waals surface area (Å²) in [6.07, 6.45) is 1.43. The van der Waals surface area contributed by atoms with E-state index in [9.17, 15) is 4.79 Å². The van der Waals surface area contributed by atoms with Crippen LogP contribution in [0.2, 0.25) is 0 Å². The zero-order valence-corrected chi connectivity index (χ0v) is 13.4. The average molecular weight is 303 g/mol. The van der Waals surface area contributed by atoms with Crippen LogP contribution in [0, 0.1) is 0 Å². The van der Waals surface area contributed by atoms with Gasteiger partial charge >= 0.3 is 0 Å². The molecular formula is C17H25N3O2. The number of rotatable bonds is 6. The van der Waals surface area contributed by atoms with Crippen molar-refractivity contribution in [1.82, 2.24) is 0 Å². The second kappa shape index (κ2) is 7.31. The lowest BCUT2D eigenvalue weighted by Crippen LogP contribution is -2.31. The van der Waals surface area contributed by atoms with E-state index in [0.717, 1.165) is 24.3 Å². The molecule has 0 spiro atoms. The molecule has 1 saturated heterocycles. The largest absolute Gasteiger partial charge is 0.473 e. The summed E-state index contributed by atoms with van der Waals surface area (Å²) in [5.41, 5.74) is 7.58. The lowest BCUT2D eigenvalue weighted by Gasteiger charge is -2.23. The molecule has 1 fully saturated rings. The Morgan fingerprint density at radius 3 is 2.59 bits per heavy atom. The standard InChI is InChI=1S/C17H25N3O2/c1-4-10-19(17(21)5-2)14-6-8-15(9-7-14)20-12-16(11-18)22-13(20)3/h6-9,16H,3-5,10-12,18H2,1-2H3/t16-/m0/s1. The van der Waals surface area contributed by atoms with Crippen LogP contribution in [0.1, 0.15) is 26.7 Å². The number of amides is 1. The van der Waals surface area contributed by atoms with Crippen LogP contribution in [-0.2, 0) is 9.53 Å². The number of nitrogens with zero attached hydrogens (tertiary/aromatic N) is 2. The monoisotopic (exact) mass is 303 g/mol. The van der Waals surface area contributed by atoms with Crippen molar-refractivity contribution >= 4 is 17.3 Å². The maximum atomic E-state index is 12.0. The third-order valence-corrected chi connectivity index (χ3v) is 3.78. The van der Waals surface area contributed by atoms with Gasteiger partial charge in [0.2, 0.25) is 5.91 Å². The van der Waals surface area contributed by atoms with Crippen molar-refractivity contribution in [3.05, 3.63) is 36.7 Å². The van der Waals surface area contributed by atoms with Crippen molar-refractivity contribution in [2.45, 2.75) is 32.8 Å². The molecule has 1 heterocycles. The minimum Gasteiger partial charge on any atom is -0.473 e. The van der Waals surface area contributed by atoms with Gasteiger partial charge in [-0.2, -0.15) is 0 Å². The molecule has 1 aliphatic heterocycles. The molecule has 1 aliphatic rings. The molecule has 1 amide bonds. The van der Waals surface area contributed by atoms with E-state index < -0.39 is 0 Å². The van der Waals surface area contributed by atoms with Crippen molar-refractivity contribution in [2.75, 3.05) is 29.4 Å². The molecule has 0 unspecified atom stereocenters. The molecular weight excluding hydrogens is 278 g/mol. The normalized spacial score (nSPS) is 17.5. The van der Waals surface area contributed by atoms with E-state index in [0.29, 0.717) is 25.4 Å². The summed E-state index contributed by atoms with van der Waals surface area (Å²) in [4.78, 5) is 15.9. The molecule has 0 aromatic heterocycles. The third-order valence-electron chi connectivity index (χ3n) is 3.78. The smallest absolute Gasteiger partial charge is 0.226 e. The molecule has 1 aromatic carbocycles. The quantitative estimate of drug-likeness (QED) is 0.877. The van der Waals surface area contributed by atoms with Crippen LogP contribution < -0.4 is 15.5 Å². The van der Waals surface area contributed by atoms with Gasteiger partial charge in [-0.3, -0.25) is 4.79 Å². The van der Waals surface area contributed by atoms with Gasteiger partial charge in [-0.1, -0.05) is 13.8 Å². The Morgan fingerprint density at radius 1 is 1.41 bits per heavy atom. The number of hydrogen-bond acceptors (Lipinski definition) is 4. The van der Waals surface area contributed by atoms with Crippen LogP contribution in [0.4, 0.5) is 11.4 Å². The Hall–Kier alpha value is -2.01. The summed E-state index contributed by atoms with van der Waals surface area (Å²) in [7, 11) is 0. The Labute approximate surface area is 132 Å². The van der Waals surface area contributed by atoms with E-state index in [1.165, 1.54) is 0 Å². The number of nitrogens with two attached hydrogens (primary N) is 1. The van der Waals surface area contributed by atoms with Gasteiger partial charge in [-0.15, -0.1) is 0 Å². The summed E-state index contributed by atoms with van der Waals surface area (Å²) >= 11 is 0. The molecule has 0 radical (unpaired) electrons. The van der Waals surface area contributed by atoms with Gasteiger partial charge in [-0.05, 0) is 37.3 Å². The fourth-order valence-corrected chi connectivity index (χ4v) is 2.60. The predicted octanol–water partition coefficient (Wildman–Crippen LogP) is 2.47. The second-order valence-corrected chi connectivity index (χ2v) is 5.40. The summed E-state index contributed by atoms with van der Waals surface area (Å²) < 4.78 is 5.59. The lowest BCUT2D eigenvalue weighted by molar-refractivity contribution is -0.118. The van der Waals surface area contributed by atoms with Crippen LogP contribution >= 0.6 is 0 Å². The summed E-state index contributed by atoms with van der Waals surface area (Å²) in [6, 6.07) is 7.94. The zero-order chi connectivity index (χ0) is 16.1. The van der Waals surface area contributed by atoms with Gasteiger partial charge in [0, 0.05) is 30.9 Å².